The number of nitrogens with zero attached hydrogens (tertiary/aromatic N) is 6. The van der Waals surface area contributed by atoms with Gasteiger partial charge in [0.05, 0.1) is 0 Å². The molecule has 1 amide bonds. The third-order valence-corrected chi connectivity index (χ3v) is 5.06. The number of nitrogens with one attached hydrogen (secondary N) is 1. The number of carbonyl (C=O) groups excluding carboxylic acids is 1. The van der Waals surface area contributed by atoms with Crippen molar-refractivity contribution >= 4 is 17.4 Å². The van der Waals surface area contributed by atoms with Crippen molar-refractivity contribution in [2.24, 2.45) is 17.8 Å². The highest BCUT2D eigenvalue weighted by Crippen LogP contribution is 2.36. The lowest BCUT2D eigenvalue weighted by atomic mass is 9.96. The van der Waals surface area contributed by atoms with Gasteiger partial charge in [0.15, 0.2) is 11.5 Å². The molecule has 8 nitrogen and oxygen atoms in total. The minimum atomic E-state index is 0.122. The van der Waals surface area contributed by atoms with Crippen LogP contribution in [-0.4, -0.2) is 50.8 Å². The smallest absolute Gasteiger partial charge is 0.223 e. The summed E-state index contributed by atoms with van der Waals surface area (Å²) in [6.45, 7) is 4.75. The first-order chi connectivity index (χ1) is 11.2. The molecule has 0 bridgehead atoms. The average molecular weight is 315 g/mol. The molecule has 2 aliphatic rings. The van der Waals surface area contributed by atoms with E-state index in [9.17, 15) is 4.79 Å². The van der Waals surface area contributed by atoms with Crippen molar-refractivity contribution in [3.8, 4) is 0 Å². The van der Waals surface area contributed by atoms with Crippen LogP contribution in [0.25, 0.3) is 5.65 Å². The summed E-state index contributed by atoms with van der Waals surface area (Å²) < 4.78 is 1.44. The van der Waals surface area contributed by atoms with Crippen LogP contribution in [0.1, 0.15) is 26.2 Å². The van der Waals surface area contributed by atoms with Crippen LogP contribution < -0.4 is 10.2 Å². The van der Waals surface area contributed by atoms with Crippen LogP contribution in [0.5, 0.6) is 0 Å². The van der Waals surface area contributed by atoms with Gasteiger partial charge in [0.1, 0.15) is 0 Å². The second-order valence-electron chi connectivity index (χ2n) is 6.70. The molecule has 2 aromatic rings. The molecular weight excluding hydrogens is 294 g/mol. The third kappa shape index (κ3) is 2.97. The molecule has 1 N–H and O–H groups in total. The second-order valence-corrected chi connectivity index (χ2v) is 6.70. The predicted molar refractivity (Wildman–Crippen MR) is 83.8 cm³/mol. The molecule has 1 saturated carbocycles. The van der Waals surface area contributed by atoms with Crippen LogP contribution in [0.15, 0.2) is 12.1 Å². The van der Waals surface area contributed by atoms with E-state index < -0.39 is 0 Å². The van der Waals surface area contributed by atoms with Gasteiger partial charge >= 0.3 is 0 Å². The fraction of sp³-hybridized carbons (Fsp3) is 0.667. The van der Waals surface area contributed by atoms with Crippen molar-refractivity contribution in [3.05, 3.63) is 12.1 Å². The summed E-state index contributed by atoms with van der Waals surface area (Å²) in [4.78, 5) is 14.4. The van der Waals surface area contributed by atoms with Crippen molar-refractivity contribution in [3.63, 3.8) is 0 Å². The van der Waals surface area contributed by atoms with E-state index in [2.05, 4.69) is 37.8 Å². The summed E-state index contributed by atoms with van der Waals surface area (Å²) in [5, 5.41) is 18.8. The van der Waals surface area contributed by atoms with Gasteiger partial charge in [-0.05, 0) is 53.7 Å². The van der Waals surface area contributed by atoms with Crippen molar-refractivity contribution in [1.29, 1.82) is 0 Å². The molecule has 0 spiro atoms. The molecular formula is C15H21N7O. The Morgan fingerprint density at radius 3 is 2.87 bits per heavy atom. The van der Waals surface area contributed by atoms with E-state index in [0.717, 1.165) is 44.2 Å². The zero-order valence-electron chi connectivity index (χ0n) is 13.2. The first-order valence-corrected chi connectivity index (χ1v) is 8.29. The molecule has 2 fully saturated rings. The number of aromatic nitrogens is 5. The molecule has 0 aromatic carbocycles. The molecule has 1 saturated heterocycles. The highest BCUT2D eigenvalue weighted by molar-refractivity contribution is 5.79. The molecule has 0 unspecified atom stereocenters. The van der Waals surface area contributed by atoms with Crippen LogP contribution >= 0.6 is 0 Å². The standard InChI is InChI=1S/C15H21N7O/c1-10-8-12(10)9-16-15(23)11-4-6-21(7-5-11)14-3-2-13-17-19-20-22(13)18-14/h2-3,10-12H,4-9H2,1H3,(H,16,23)/t10-,12-/m1/s1. The maximum atomic E-state index is 12.2. The molecule has 2 atom stereocenters. The number of piperidine rings is 1. The first kappa shape index (κ1) is 14.3. The zero-order valence-corrected chi connectivity index (χ0v) is 13.2. The largest absolute Gasteiger partial charge is 0.356 e. The van der Waals surface area contributed by atoms with Gasteiger partial charge < -0.3 is 10.2 Å². The van der Waals surface area contributed by atoms with Crippen LogP contribution in [0.4, 0.5) is 5.82 Å². The fourth-order valence-corrected chi connectivity index (χ4v) is 3.24. The summed E-state index contributed by atoms with van der Waals surface area (Å²) in [6.07, 6.45) is 2.98. The summed E-state index contributed by atoms with van der Waals surface area (Å²) in [7, 11) is 0. The first-order valence-electron chi connectivity index (χ1n) is 8.29. The molecule has 1 aliphatic heterocycles. The number of hydrogen-bond acceptors (Lipinski definition) is 6. The van der Waals surface area contributed by atoms with Gasteiger partial charge in [-0.25, -0.2) is 0 Å². The van der Waals surface area contributed by atoms with Gasteiger partial charge in [0, 0.05) is 25.6 Å². The minimum absolute atomic E-state index is 0.122. The number of hydrogen-bond donors (Lipinski definition) is 1. The Hall–Kier alpha value is -2.25. The summed E-state index contributed by atoms with van der Waals surface area (Å²) in [5.41, 5.74) is 0.636. The van der Waals surface area contributed by atoms with E-state index in [-0.39, 0.29) is 11.8 Å². The Bertz CT molecular complexity index is 707. The quantitative estimate of drug-likeness (QED) is 0.884. The minimum Gasteiger partial charge on any atom is -0.356 e. The lowest BCUT2D eigenvalue weighted by Crippen LogP contribution is -2.41. The number of amides is 1. The summed E-state index contributed by atoms with van der Waals surface area (Å²) >= 11 is 0. The van der Waals surface area contributed by atoms with E-state index in [1.54, 1.807) is 0 Å². The Morgan fingerprint density at radius 2 is 2.13 bits per heavy atom. The molecule has 3 heterocycles. The third-order valence-electron chi connectivity index (χ3n) is 5.06. The Balaban J connectivity index is 1.32. The number of rotatable bonds is 4. The molecule has 2 aromatic heterocycles. The molecule has 8 heteroatoms. The fourth-order valence-electron chi connectivity index (χ4n) is 3.24. The van der Waals surface area contributed by atoms with Gasteiger partial charge in [-0.1, -0.05) is 6.92 Å². The van der Waals surface area contributed by atoms with E-state index in [1.807, 2.05) is 12.1 Å². The normalized spacial score (nSPS) is 24.8. The van der Waals surface area contributed by atoms with Gasteiger partial charge in [-0.15, -0.1) is 14.8 Å². The number of carbonyl (C=O) groups is 1. The SMILES string of the molecule is C[C@@H]1C[C@@H]1CNC(=O)C1CCN(c2ccc3nnnn3n2)CC1. The number of fused-ring (bicyclic) bond motifs is 1. The van der Waals surface area contributed by atoms with Crippen molar-refractivity contribution < 1.29 is 4.79 Å². The summed E-state index contributed by atoms with van der Waals surface area (Å²) in [6, 6.07) is 3.79. The molecule has 1 aliphatic carbocycles. The van der Waals surface area contributed by atoms with Gasteiger partial charge in [-0.2, -0.15) is 0 Å². The zero-order chi connectivity index (χ0) is 15.8. The lowest BCUT2D eigenvalue weighted by molar-refractivity contribution is -0.125. The van der Waals surface area contributed by atoms with E-state index >= 15 is 0 Å². The predicted octanol–water partition coefficient (Wildman–Crippen LogP) is 0.508. The Morgan fingerprint density at radius 1 is 1.35 bits per heavy atom. The second kappa shape index (κ2) is 5.75. The lowest BCUT2D eigenvalue weighted by Gasteiger charge is -2.31. The van der Waals surface area contributed by atoms with Gasteiger partial charge in [0.25, 0.3) is 0 Å². The highest BCUT2D eigenvalue weighted by Gasteiger charge is 2.33. The van der Waals surface area contributed by atoms with E-state index in [4.69, 9.17) is 0 Å². The average Bonchev–Trinajstić information content (AvgIpc) is 3.09. The van der Waals surface area contributed by atoms with Crippen molar-refractivity contribution in [2.75, 3.05) is 24.5 Å². The molecule has 23 heavy (non-hydrogen) atoms. The van der Waals surface area contributed by atoms with Crippen LogP contribution in [-0.2, 0) is 4.79 Å². The molecule has 0 radical (unpaired) electrons. The molecule has 4 rings (SSSR count). The van der Waals surface area contributed by atoms with Gasteiger partial charge in [-0.3, -0.25) is 4.79 Å². The maximum absolute atomic E-state index is 12.2. The van der Waals surface area contributed by atoms with Crippen molar-refractivity contribution in [1.82, 2.24) is 30.6 Å². The van der Waals surface area contributed by atoms with Crippen LogP contribution in [0, 0.1) is 17.8 Å². The van der Waals surface area contributed by atoms with Crippen LogP contribution in [0.2, 0.25) is 0 Å². The summed E-state index contributed by atoms with van der Waals surface area (Å²) in [5.74, 6) is 2.68. The number of anilines is 1. The van der Waals surface area contributed by atoms with E-state index in [0.29, 0.717) is 11.6 Å². The highest BCUT2D eigenvalue weighted by atomic mass is 16.1. The number of tetrazole rings is 1. The topological polar surface area (TPSA) is 88.3 Å². The Labute approximate surface area is 134 Å². The van der Waals surface area contributed by atoms with E-state index in [1.165, 1.54) is 11.1 Å². The van der Waals surface area contributed by atoms with Crippen LogP contribution in [0.3, 0.4) is 0 Å². The van der Waals surface area contributed by atoms with Gasteiger partial charge in [0.2, 0.25) is 5.91 Å². The molecule has 122 valence electrons. The Kier molecular flexibility index (Phi) is 3.59. The maximum Gasteiger partial charge on any atom is 0.223 e. The monoisotopic (exact) mass is 315 g/mol. The van der Waals surface area contributed by atoms with Crippen molar-refractivity contribution in [2.45, 2.75) is 26.2 Å².